The van der Waals surface area contributed by atoms with Gasteiger partial charge in [-0.2, -0.15) is 0 Å². The van der Waals surface area contributed by atoms with Crippen molar-refractivity contribution >= 4 is 79.6 Å². The van der Waals surface area contributed by atoms with Crippen LogP contribution in [-0.2, 0) is 0 Å². The van der Waals surface area contributed by atoms with Crippen LogP contribution in [0.1, 0.15) is 0 Å². The molecule has 118 valence electrons. The molecule has 0 aliphatic heterocycles. The lowest BCUT2D eigenvalue weighted by atomic mass is 10.3. The lowest BCUT2D eigenvalue weighted by Crippen LogP contribution is -1.96. The van der Waals surface area contributed by atoms with Crippen molar-refractivity contribution in [2.75, 3.05) is 14.2 Å². The molecule has 0 bridgehead atoms. The third kappa shape index (κ3) is 3.83. The normalized spacial score (nSPS) is 10.5. The molecule has 0 atom stereocenters. The van der Waals surface area contributed by atoms with E-state index in [9.17, 15) is 0 Å². The molecule has 22 heavy (non-hydrogen) atoms. The molecule has 3 nitrogen and oxygen atoms in total. The fraction of sp³-hybridized carbons (Fsp3) is 0.143. The predicted octanol–water partition coefficient (Wildman–Crippen LogP) is 7.31. The van der Waals surface area contributed by atoms with Gasteiger partial charge in [0.1, 0.15) is 0 Å². The SMILES string of the molecule is COc1c(Br)cc(Br)cc1Oc1c(Br)c(Br)cc(Br)c1OC. The zero-order chi connectivity index (χ0) is 16.4. The minimum absolute atomic E-state index is 0.534. The molecule has 0 heterocycles. The van der Waals surface area contributed by atoms with Crippen molar-refractivity contribution in [3.63, 3.8) is 0 Å². The topological polar surface area (TPSA) is 27.7 Å². The van der Waals surface area contributed by atoms with E-state index in [-0.39, 0.29) is 0 Å². The Morgan fingerprint density at radius 2 is 1.27 bits per heavy atom. The molecular formula is C14H9Br5O3. The number of methoxy groups -OCH3 is 2. The largest absolute Gasteiger partial charge is 0.492 e. The summed E-state index contributed by atoms with van der Waals surface area (Å²) in [5.74, 6) is 2.25. The standard InChI is InChI=1S/C14H9Br5O3/c1-20-12-8(17)3-6(15)4-10(12)22-14-11(19)7(16)5-9(18)13(14)21-2/h3-5H,1-2H3. The van der Waals surface area contributed by atoms with E-state index in [1.807, 2.05) is 18.2 Å². The van der Waals surface area contributed by atoms with Gasteiger partial charge in [0.25, 0.3) is 0 Å². The number of halogens is 5. The van der Waals surface area contributed by atoms with E-state index in [1.54, 1.807) is 14.2 Å². The average molecular weight is 625 g/mol. The van der Waals surface area contributed by atoms with Gasteiger partial charge >= 0.3 is 0 Å². The highest BCUT2D eigenvalue weighted by atomic mass is 79.9. The molecule has 2 aromatic rings. The Labute approximate surface area is 170 Å². The maximum atomic E-state index is 6.06. The molecule has 0 aliphatic carbocycles. The fourth-order valence-corrected chi connectivity index (χ4v) is 4.77. The lowest BCUT2D eigenvalue weighted by Gasteiger charge is -2.17. The van der Waals surface area contributed by atoms with E-state index in [0.29, 0.717) is 23.0 Å². The number of rotatable bonds is 4. The van der Waals surface area contributed by atoms with Crippen molar-refractivity contribution in [2.24, 2.45) is 0 Å². The summed E-state index contributed by atoms with van der Waals surface area (Å²) in [6.45, 7) is 0. The molecule has 0 amide bonds. The van der Waals surface area contributed by atoms with Crippen LogP contribution in [-0.4, -0.2) is 14.2 Å². The van der Waals surface area contributed by atoms with Gasteiger partial charge < -0.3 is 14.2 Å². The summed E-state index contributed by atoms with van der Waals surface area (Å²) in [6, 6.07) is 5.59. The Morgan fingerprint density at radius 3 is 1.86 bits per heavy atom. The molecule has 0 unspecified atom stereocenters. The summed E-state index contributed by atoms with van der Waals surface area (Å²) >= 11 is 17.4. The summed E-state index contributed by atoms with van der Waals surface area (Å²) in [7, 11) is 3.17. The lowest BCUT2D eigenvalue weighted by molar-refractivity contribution is 0.352. The summed E-state index contributed by atoms with van der Waals surface area (Å²) in [6.07, 6.45) is 0. The summed E-state index contributed by atoms with van der Waals surface area (Å²) in [5.41, 5.74) is 0. The molecule has 2 rings (SSSR count). The van der Waals surface area contributed by atoms with Crippen LogP contribution in [0.25, 0.3) is 0 Å². The minimum Gasteiger partial charge on any atom is -0.492 e. The van der Waals surface area contributed by atoms with Gasteiger partial charge in [0.2, 0.25) is 0 Å². The smallest absolute Gasteiger partial charge is 0.185 e. The van der Waals surface area contributed by atoms with Crippen LogP contribution in [0, 0.1) is 0 Å². The molecule has 0 N–H and O–H groups in total. The fourth-order valence-electron chi connectivity index (χ4n) is 1.76. The van der Waals surface area contributed by atoms with Crippen LogP contribution in [0.5, 0.6) is 23.0 Å². The Morgan fingerprint density at radius 1 is 0.682 bits per heavy atom. The average Bonchev–Trinajstić information content (AvgIpc) is 2.44. The maximum Gasteiger partial charge on any atom is 0.185 e. The van der Waals surface area contributed by atoms with Crippen molar-refractivity contribution in [3.8, 4) is 23.0 Å². The first-order valence-electron chi connectivity index (χ1n) is 5.81. The minimum atomic E-state index is 0.534. The second kappa shape index (κ2) is 7.88. The number of benzene rings is 2. The van der Waals surface area contributed by atoms with E-state index >= 15 is 0 Å². The third-order valence-corrected chi connectivity index (χ3v) is 6.26. The predicted molar refractivity (Wildman–Crippen MR) is 105 cm³/mol. The Hall–Kier alpha value is 0.240. The second-order valence-electron chi connectivity index (χ2n) is 4.04. The molecule has 0 aromatic heterocycles. The van der Waals surface area contributed by atoms with Gasteiger partial charge in [-0.05, 0) is 81.9 Å². The molecule has 2 aromatic carbocycles. The van der Waals surface area contributed by atoms with Crippen LogP contribution in [0.15, 0.2) is 40.6 Å². The van der Waals surface area contributed by atoms with Gasteiger partial charge in [-0.25, -0.2) is 0 Å². The second-order valence-corrected chi connectivity index (χ2v) is 8.31. The van der Waals surface area contributed by atoms with Crippen LogP contribution < -0.4 is 14.2 Å². The van der Waals surface area contributed by atoms with E-state index in [2.05, 4.69) is 79.6 Å². The monoisotopic (exact) mass is 620 g/mol. The van der Waals surface area contributed by atoms with Gasteiger partial charge in [-0.15, -0.1) is 0 Å². The molecule has 8 heteroatoms. The molecule has 0 fully saturated rings. The van der Waals surface area contributed by atoms with Crippen LogP contribution in [0.4, 0.5) is 0 Å². The molecular weight excluding hydrogens is 616 g/mol. The Balaban J connectivity index is 2.61. The molecule has 0 radical (unpaired) electrons. The first-order chi connectivity index (χ1) is 10.4. The summed E-state index contributed by atoms with van der Waals surface area (Å²) in [5, 5.41) is 0. The zero-order valence-electron chi connectivity index (χ0n) is 11.3. The Kier molecular flexibility index (Phi) is 6.65. The van der Waals surface area contributed by atoms with Gasteiger partial charge in [0.15, 0.2) is 23.0 Å². The highest BCUT2D eigenvalue weighted by molar-refractivity contribution is 9.13. The number of hydrogen-bond acceptors (Lipinski definition) is 3. The third-order valence-electron chi connectivity index (χ3n) is 2.68. The van der Waals surface area contributed by atoms with Gasteiger partial charge in [0, 0.05) is 8.95 Å². The maximum absolute atomic E-state index is 6.06. The van der Waals surface area contributed by atoms with E-state index in [1.165, 1.54) is 0 Å². The van der Waals surface area contributed by atoms with Gasteiger partial charge in [-0.1, -0.05) is 15.9 Å². The van der Waals surface area contributed by atoms with E-state index in [4.69, 9.17) is 14.2 Å². The molecule has 0 saturated carbocycles. The van der Waals surface area contributed by atoms with Gasteiger partial charge in [-0.3, -0.25) is 0 Å². The van der Waals surface area contributed by atoms with Gasteiger partial charge in [0.05, 0.1) is 27.6 Å². The first kappa shape index (κ1) is 18.6. The van der Waals surface area contributed by atoms with Crippen LogP contribution >= 0.6 is 79.6 Å². The highest BCUT2D eigenvalue weighted by Gasteiger charge is 2.20. The van der Waals surface area contributed by atoms with Crippen molar-refractivity contribution in [1.29, 1.82) is 0 Å². The van der Waals surface area contributed by atoms with Crippen molar-refractivity contribution in [2.45, 2.75) is 0 Å². The first-order valence-corrected chi connectivity index (χ1v) is 9.77. The zero-order valence-corrected chi connectivity index (χ0v) is 19.3. The van der Waals surface area contributed by atoms with E-state index < -0.39 is 0 Å². The van der Waals surface area contributed by atoms with Crippen LogP contribution in [0.3, 0.4) is 0 Å². The van der Waals surface area contributed by atoms with Crippen molar-refractivity contribution < 1.29 is 14.2 Å². The number of ether oxygens (including phenoxy) is 3. The summed E-state index contributed by atoms with van der Waals surface area (Å²) in [4.78, 5) is 0. The molecule has 0 spiro atoms. The van der Waals surface area contributed by atoms with E-state index in [0.717, 1.165) is 22.4 Å². The Bertz CT molecular complexity index is 718. The quantitative estimate of drug-likeness (QED) is 0.334. The molecule has 0 saturated heterocycles. The highest BCUT2D eigenvalue weighted by Crippen LogP contribution is 2.49. The summed E-state index contributed by atoms with van der Waals surface area (Å²) < 4.78 is 20.9. The van der Waals surface area contributed by atoms with Crippen molar-refractivity contribution in [3.05, 3.63) is 40.6 Å². The number of hydrogen-bond donors (Lipinski definition) is 0. The van der Waals surface area contributed by atoms with Crippen LogP contribution in [0.2, 0.25) is 0 Å². The molecule has 0 aliphatic rings. The van der Waals surface area contributed by atoms with Crippen molar-refractivity contribution in [1.82, 2.24) is 0 Å².